The van der Waals surface area contributed by atoms with Gasteiger partial charge in [0.05, 0.1) is 25.9 Å². The van der Waals surface area contributed by atoms with Gasteiger partial charge in [-0.25, -0.2) is 4.39 Å². The molecule has 22 heavy (non-hydrogen) atoms. The summed E-state index contributed by atoms with van der Waals surface area (Å²) in [5.41, 5.74) is 1.16. The quantitative estimate of drug-likeness (QED) is 0.596. The number of rotatable bonds is 6. The molecule has 1 aromatic rings. The van der Waals surface area contributed by atoms with Crippen LogP contribution in [0.4, 0.5) is 4.39 Å². The fourth-order valence-electron chi connectivity index (χ4n) is 3.64. The molecule has 3 nitrogen and oxygen atoms in total. The third-order valence-corrected chi connectivity index (χ3v) is 4.70. The summed E-state index contributed by atoms with van der Waals surface area (Å²) in [4.78, 5) is 2.48. The van der Waals surface area contributed by atoms with Gasteiger partial charge in [-0.1, -0.05) is 18.2 Å². The number of halogens is 1. The van der Waals surface area contributed by atoms with Crippen molar-refractivity contribution in [2.75, 3.05) is 26.4 Å². The number of hydrogen-bond acceptors (Lipinski definition) is 3. The Balaban J connectivity index is 1.60. The summed E-state index contributed by atoms with van der Waals surface area (Å²) in [5.74, 6) is 0.296. The van der Waals surface area contributed by atoms with E-state index in [1.165, 1.54) is 12.1 Å². The van der Waals surface area contributed by atoms with Gasteiger partial charge in [-0.15, -0.1) is 6.58 Å². The highest BCUT2D eigenvalue weighted by Crippen LogP contribution is 2.35. The maximum Gasteiger partial charge on any atom is 0.123 e. The van der Waals surface area contributed by atoms with E-state index in [-0.39, 0.29) is 11.9 Å². The van der Waals surface area contributed by atoms with Gasteiger partial charge in [0.1, 0.15) is 5.82 Å². The van der Waals surface area contributed by atoms with Gasteiger partial charge in [-0.05, 0) is 30.5 Å². The van der Waals surface area contributed by atoms with Gasteiger partial charge in [0.15, 0.2) is 0 Å². The lowest BCUT2D eigenvalue weighted by Crippen LogP contribution is -2.50. The molecular weight excluding hydrogens is 281 g/mol. The van der Waals surface area contributed by atoms with Crippen LogP contribution < -0.4 is 0 Å². The predicted molar refractivity (Wildman–Crippen MR) is 84.1 cm³/mol. The molecule has 0 N–H and O–H groups in total. The lowest BCUT2D eigenvalue weighted by atomic mass is 10.0. The largest absolute Gasteiger partial charge is 0.377 e. The Morgan fingerprint density at radius 3 is 2.91 bits per heavy atom. The topological polar surface area (TPSA) is 21.7 Å². The minimum absolute atomic E-state index is 0.177. The van der Waals surface area contributed by atoms with Gasteiger partial charge in [-0.2, -0.15) is 0 Å². The van der Waals surface area contributed by atoms with Crippen molar-refractivity contribution < 1.29 is 13.9 Å². The van der Waals surface area contributed by atoms with E-state index in [9.17, 15) is 4.39 Å². The standard InChI is InChI=1S/C18H24FNO2/c1-2-10-21-13-15-5-8-17-18(15)22-11-9-20(17)12-14-3-6-16(19)7-4-14/h2-4,6-7,15,17-18H,1,5,8-13H2/t15-,17-,18+/m0/s1. The minimum Gasteiger partial charge on any atom is -0.377 e. The molecule has 1 aliphatic carbocycles. The zero-order chi connectivity index (χ0) is 15.4. The molecule has 0 spiro atoms. The third kappa shape index (κ3) is 3.57. The molecule has 0 unspecified atom stereocenters. The molecule has 3 rings (SSSR count). The van der Waals surface area contributed by atoms with E-state index in [0.29, 0.717) is 18.6 Å². The molecular formula is C18H24FNO2. The lowest BCUT2D eigenvalue weighted by Gasteiger charge is -2.39. The highest BCUT2D eigenvalue weighted by molar-refractivity contribution is 5.16. The summed E-state index contributed by atoms with van der Waals surface area (Å²) in [6.07, 6.45) is 4.34. The molecule has 2 fully saturated rings. The van der Waals surface area contributed by atoms with Crippen molar-refractivity contribution in [3.63, 3.8) is 0 Å². The molecule has 120 valence electrons. The first-order valence-corrected chi connectivity index (χ1v) is 8.06. The molecule has 1 aromatic carbocycles. The highest BCUT2D eigenvalue weighted by atomic mass is 19.1. The van der Waals surface area contributed by atoms with Gasteiger partial charge >= 0.3 is 0 Å². The van der Waals surface area contributed by atoms with Crippen molar-refractivity contribution in [2.24, 2.45) is 5.92 Å². The van der Waals surface area contributed by atoms with Crippen LogP contribution in [-0.2, 0) is 16.0 Å². The molecule has 0 radical (unpaired) electrons. The number of ether oxygens (including phenoxy) is 2. The summed E-state index contributed by atoms with van der Waals surface area (Å²) < 4.78 is 24.7. The van der Waals surface area contributed by atoms with E-state index < -0.39 is 0 Å². The number of benzene rings is 1. The summed E-state index contributed by atoms with van der Waals surface area (Å²) in [6.45, 7) is 7.61. The Hall–Kier alpha value is -1.23. The van der Waals surface area contributed by atoms with Crippen LogP contribution in [0.5, 0.6) is 0 Å². The first-order chi connectivity index (χ1) is 10.8. The van der Waals surface area contributed by atoms with Crippen molar-refractivity contribution in [1.82, 2.24) is 4.90 Å². The monoisotopic (exact) mass is 305 g/mol. The van der Waals surface area contributed by atoms with Crippen LogP contribution in [0.25, 0.3) is 0 Å². The van der Waals surface area contributed by atoms with Crippen LogP contribution in [0.1, 0.15) is 18.4 Å². The second-order valence-electron chi connectivity index (χ2n) is 6.16. The molecule has 1 saturated carbocycles. The third-order valence-electron chi connectivity index (χ3n) is 4.70. The molecule has 0 bridgehead atoms. The number of fused-ring (bicyclic) bond motifs is 1. The number of hydrogen-bond donors (Lipinski definition) is 0. The summed E-state index contributed by atoms with van der Waals surface area (Å²) in [5, 5.41) is 0. The number of morpholine rings is 1. The van der Waals surface area contributed by atoms with Gasteiger partial charge in [0.25, 0.3) is 0 Å². The van der Waals surface area contributed by atoms with Gasteiger partial charge < -0.3 is 9.47 Å². The number of nitrogens with zero attached hydrogens (tertiary/aromatic N) is 1. The average Bonchev–Trinajstić information content (AvgIpc) is 2.94. The van der Waals surface area contributed by atoms with E-state index in [1.807, 2.05) is 12.1 Å². The summed E-state index contributed by atoms with van der Waals surface area (Å²) in [6, 6.07) is 7.27. The van der Waals surface area contributed by atoms with Gasteiger partial charge in [-0.3, -0.25) is 4.90 Å². The highest BCUT2D eigenvalue weighted by Gasteiger charge is 2.42. The molecule has 0 aromatic heterocycles. The second-order valence-corrected chi connectivity index (χ2v) is 6.16. The zero-order valence-electron chi connectivity index (χ0n) is 12.9. The molecule has 2 aliphatic rings. The van der Waals surface area contributed by atoms with Crippen LogP contribution in [0.3, 0.4) is 0 Å². The van der Waals surface area contributed by atoms with Crippen LogP contribution in [0.2, 0.25) is 0 Å². The van der Waals surface area contributed by atoms with Crippen molar-refractivity contribution in [1.29, 1.82) is 0 Å². The SMILES string of the molecule is C=CCOC[C@@H]1CC[C@H]2[C@@H]1OCCN2Cc1ccc(F)cc1. The second kappa shape index (κ2) is 7.36. The Bertz CT molecular complexity index is 490. The Kier molecular flexibility index (Phi) is 5.24. The van der Waals surface area contributed by atoms with Crippen molar-refractivity contribution in [3.05, 3.63) is 48.3 Å². The lowest BCUT2D eigenvalue weighted by molar-refractivity contribution is -0.0869. The maximum absolute atomic E-state index is 13.0. The zero-order valence-corrected chi connectivity index (χ0v) is 12.9. The Morgan fingerprint density at radius 1 is 1.32 bits per heavy atom. The van der Waals surface area contributed by atoms with Crippen LogP contribution >= 0.6 is 0 Å². The fraction of sp³-hybridized carbons (Fsp3) is 0.556. The van der Waals surface area contributed by atoms with E-state index >= 15 is 0 Å². The van der Waals surface area contributed by atoms with Crippen molar-refractivity contribution >= 4 is 0 Å². The van der Waals surface area contributed by atoms with E-state index in [4.69, 9.17) is 9.47 Å². The fourth-order valence-corrected chi connectivity index (χ4v) is 3.64. The van der Waals surface area contributed by atoms with Crippen LogP contribution in [0, 0.1) is 11.7 Å². The van der Waals surface area contributed by atoms with Gasteiger partial charge in [0.2, 0.25) is 0 Å². The Labute approximate surface area is 131 Å². The maximum atomic E-state index is 13.0. The molecule has 3 atom stereocenters. The van der Waals surface area contributed by atoms with Crippen LogP contribution in [0.15, 0.2) is 36.9 Å². The van der Waals surface area contributed by atoms with Crippen molar-refractivity contribution in [3.8, 4) is 0 Å². The smallest absolute Gasteiger partial charge is 0.123 e. The predicted octanol–water partition coefficient (Wildman–Crippen LogP) is 3.01. The average molecular weight is 305 g/mol. The molecule has 4 heteroatoms. The molecule has 1 aliphatic heterocycles. The summed E-state index contributed by atoms with van der Waals surface area (Å²) >= 11 is 0. The first-order valence-electron chi connectivity index (χ1n) is 8.06. The van der Waals surface area contributed by atoms with E-state index in [0.717, 1.165) is 44.7 Å². The van der Waals surface area contributed by atoms with Crippen molar-refractivity contribution in [2.45, 2.75) is 31.5 Å². The normalized spacial score (nSPS) is 28.5. The minimum atomic E-state index is -0.177. The first kappa shape index (κ1) is 15.7. The van der Waals surface area contributed by atoms with E-state index in [2.05, 4.69) is 11.5 Å². The summed E-state index contributed by atoms with van der Waals surface area (Å²) in [7, 11) is 0. The molecule has 0 amide bonds. The van der Waals surface area contributed by atoms with Crippen LogP contribution in [-0.4, -0.2) is 43.4 Å². The Morgan fingerprint density at radius 2 is 2.14 bits per heavy atom. The van der Waals surface area contributed by atoms with E-state index in [1.54, 1.807) is 6.08 Å². The van der Waals surface area contributed by atoms with Gasteiger partial charge in [0, 0.05) is 25.0 Å². The molecule has 1 saturated heterocycles. The molecule has 1 heterocycles.